The summed E-state index contributed by atoms with van der Waals surface area (Å²) in [4.78, 5) is 33.9. The summed E-state index contributed by atoms with van der Waals surface area (Å²) in [7, 11) is 0. The molecular weight excluding hydrogens is 379 g/mol. The van der Waals surface area contributed by atoms with Crippen LogP contribution in [0.1, 0.15) is 29.0 Å². The summed E-state index contributed by atoms with van der Waals surface area (Å²) >= 11 is 1.40. The van der Waals surface area contributed by atoms with Gasteiger partial charge in [-0.1, -0.05) is 0 Å². The van der Waals surface area contributed by atoms with Gasteiger partial charge >= 0.3 is 0 Å². The van der Waals surface area contributed by atoms with Crippen LogP contribution in [0.4, 0.5) is 4.39 Å². The molecule has 1 aliphatic heterocycles. The number of fused-ring (bicyclic) bond motifs is 1. The second-order valence-electron chi connectivity index (χ2n) is 7.08. The number of aromatic nitrogens is 2. The molecule has 28 heavy (non-hydrogen) atoms. The number of nitrogens with zero attached hydrogens (tertiary/aromatic N) is 2. The molecular formula is C20H21FN4O2S. The minimum Gasteiger partial charge on any atom is -0.352 e. The van der Waals surface area contributed by atoms with E-state index in [0.717, 1.165) is 31.4 Å². The van der Waals surface area contributed by atoms with Crippen LogP contribution in [0.25, 0.3) is 10.2 Å². The highest BCUT2D eigenvalue weighted by Crippen LogP contribution is 2.19. The molecule has 1 amide bonds. The maximum absolute atomic E-state index is 12.9. The molecule has 146 valence electrons. The Morgan fingerprint density at radius 3 is 2.75 bits per heavy atom. The average Bonchev–Trinajstić information content (AvgIpc) is 3.17. The number of rotatable bonds is 5. The number of halogens is 1. The minimum atomic E-state index is -0.349. The van der Waals surface area contributed by atoms with Crippen LogP contribution in [0.3, 0.4) is 0 Å². The number of carbonyl (C=O) groups excluding carboxylic acids is 1. The number of hydrogen-bond acceptors (Lipinski definition) is 5. The lowest BCUT2D eigenvalue weighted by atomic mass is 9.96. The van der Waals surface area contributed by atoms with Gasteiger partial charge in [-0.2, -0.15) is 0 Å². The van der Waals surface area contributed by atoms with Gasteiger partial charge in [0.2, 0.25) is 0 Å². The molecule has 2 N–H and O–H groups in total. The Labute approximate surface area is 165 Å². The highest BCUT2D eigenvalue weighted by Gasteiger charge is 2.21. The Hall–Kier alpha value is -2.58. The van der Waals surface area contributed by atoms with Crippen LogP contribution in [-0.4, -0.2) is 40.4 Å². The predicted molar refractivity (Wildman–Crippen MR) is 107 cm³/mol. The Morgan fingerprint density at radius 2 is 2.00 bits per heavy atom. The van der Waals surface area contributed by atoms with E-state index in [1.54, 1.807) is 0 Å². The van der Waals surface area contributed by atoms with Crippen molar-refractivity contribution >= 4 is 27.5 Å². The highest BCUT2D eigenvalue weighted by molar-refractivity contribution is 7.17. The molecule has 4 rings (SSSR count). The highest BCUT2D eigenvalue weighted by atomic mass is 32.1. The molecule has 2 aromatic heterocycles. The number of H-pyrrole nitrogens is 1. The number of aromatic amines is 1. The van der Waals surface area contributed by atoms with Gasteiger partial charge in [0.05, 0.1) is 12.1 Å². The van der Waals surface area contributed by atoms with Crippen LogP contribution in [-0.2, 0) is 6.54 Å². The summed E-state index contributed by atoms with van der Waals surface area (Å²) in [6, 6.07) is 7.43. The number of carbonyl (C=O) groups is 1. The van der Waals surface area contributed by atoms with Gasteiger partial charge in [0.1, 0.15) is 16.3 Å². The number of amides is 1. The molecule has 0 atom stereocenters. The van der Waals surface area contributed by atoms with Crippen molar-refractivity contribution in [2.75, 3.05) is 19.6 Å². The molecule has 0 aliphatic carbocycles. The first-order chi connectivity index (χ1) is 13.6. The second-order valence-corrected chi connectivity index (χ2v) is 8.00. The van der Waals surface area contributed by atoms with E-state index in [2.05, 4.69) is 20.2 Å². The third kappa shape index (κ3) is 4.28. The van der Waals surface area contributed by atoms with E-state index < -0.39 is 0 Å². The molecule has 1 aromatic carbocycles. The first-order valence-corrected chi connectivity index (χ1v) is 10.2. The molecule has 0 spiro atoms. The fraction of sp³-hybridized carbons (Fsp3) is 0.350. The Balaban J connectivity index is 1.26. The minimum absolute atomic E-state index is 0.0756. The van der Waals surface area contributed by atoms with Crippen LogP contribution >= 0.6 is 11.3 Å². The van der Waals surface area contributed by atoms with Crippen molar-refractivity contribution in [3.63, 3.8) is 0 Å². The Bertz CT molecular complexity index is 1020. The zero-order chi connectivity index (χ0) is 19.5. The molecule has 3 aromatic rings. The molecule has 6 nitrogen and oxygen atoms in total. The number of thiophene rings is 1. The van der Waals surface area contributed by atoms with Crippen LogP contribution in [0.15, 0.2) is 40.5 Å². The molecule has 3 heterocycles. The summed E-state index contributed by atoms with van der Waals surface area (Å²) in [6.07, 6.45) is 1.93. The quantitative estimate of drug-likeness (QED) is 0.690. The lowest BCUT2D eigenvalue weighted by Gasteiger charge is -2.31. The van der Waals surface area contributed by atoms with Crippen molar-refractivity contribution in [2.24, 2.45) is 5.92 Å². The van der Waals surface area contributed by atoms with Crippen molar-refractivity contribution in [3.05, 3.63) is 63.3 Å². The van der Waals surface area contributed by atoms with Gasteiger partial charge in [-0.25, -0.2) is 9.37 Å². The average molecular weight is 400 g/mol. The van der Waals surface area contributed by atoms with E-state index in [-0.39, 0.29) is 17.3 Å². The number of piperidine rings is 1. The third-order valence-electron chi connectivity index (χ3n) is 5.10. The normalized spacial score (nSPS) is 15.8. The lowest BCUT2D eigenvalue weighted by Crippen LogP contribution is -2.38. The first kappa shape index (κ1) is 18.8. The standard InChI is InChI=1S/C20H21FN4O2S/c21-15-3-1-14(2-4-15)19(26)22-11-13-5-8-25(9-6-13)12-17-23-16-7-10-28-18(16)20(27)24-17/h1-4,7,10,13H,5-6,8-9,11-12H2,(H,22,26)(H,23,24,27). The maximum atomic E-state index is 12.9. The van der Waals surface area contributed by atoms with E-state index in [1.807, 2.05) is 11.4 Å². The molecule has 0 saturated carbocycles. The van der Waals surface area contributed by atoms with Crippen molar-refractivity contribution in [3.8, 4) is 0 Å². The summed E-state index contributed by atoms with van der Waals surface area (Å²) in [6.45, 7) is 3.01. The fourth-order valence-electron chi connectivity index (χ4n) is 3.50. The fourth-order valence-corrected chi connectivity index (χ4v) is 4.22. The first-order valence-electron chi connectivity index (χ1n) is 9.31. The van der Waals surface area contributed by atoms with E-state index >= 15 is 0 Å². The largest absolute Gasteiger partial charge is 0.352 e. The smallest absolute Gasteiger partial charge is 0.268 e. The van der Waals surface area contributed by atoms with E-state index in [1.165, 1.54) is 35.6 Å². The lowest BCUT2D eigenvalue weighted by molar-refractivity contribution is 0.0935. The molecule has 1 aliphatic rings. The van der Waals surface area contributed by atoms with Gasteiger partial charge < -0.3 is 10.3 Å². The predicted octanol–water partition coefficient (Wildman–Crippen LogP) is 2.77. The number of nitrogens with one attached hydrogen (secondary N) is 2. The van der Waals surface area contributed by atoms with Crippen LogP contribution in [0.5, 0.6) is 0 Å². The number of benzene rings is 1. The van der Waals surface area contributed by atoms with E-state index in [9.17, 15) is 14.0 Å². The summed E-state index contributed by atoms with van der Waals surface area (Å²) < 4.78 is 13.6. The van der Waals surface area contributed by atoms with E-state index in [4.69, 9.17) is 0 Å². The summed E-state index contributed by atoms with van der Waals surface area (Å²) in [5.74, 6) is 0.581. The third-order valence-corrected chi connectivity index (χ3v) is 6.00. The topological polar surface area (TPSA) is 78.1 Å². The zero-order valence-electron chi connectivity index (χ0n) is 15.3. The molecule has 8 heteroatoms. The summed E-state index contributed by atoms with van der Waals surface area (Å²) in [5, 5.41) is 4.82. The second kappa shape index (κ2) is 8.20. The molecule has 0 unspecified atom stereocenters. The monoisotopic (exact) mass is 400 g/mol. The van der Waals surface area contributed by atoms with Crippen LogP contribution in [0.2, 0.25) is 0 Å². The number of hydrogen-bond donors (Lipinski definition) is 2. The van der Waals surface area contributed by atoms with E-state index in [0.29, 0.717) is 35.1 Å². The van der Waals surface area contributed by atoms with Gasteiger partial charge in [-0.3, -0.25) is 14.5 Å². The number of likely N-dealkylation sites (tertiary alicyclic amines) is 1. The van der Waals surface area contributed by atoms with Gasteiger partial charge in [0, 0.05) is 12.1 Å². The Morgan fingerprint density at radius 1 is 1.25 bits per heavy atom. The van der Waals surface area contributed by atoms with Crippen molar-refractivity contribution < 1.29 is 9.18 Å². The van der Waals surface area contributed by atoms with Gasteiger partial charge in [-0.15, -0.1) is 11.3 Å². The SMILES string of the molecule is O=C(NCC1CCN(Cc2nc3ccsc3c(=O)[nH]2)CC1)c1ccc(F)cc1. The molecule has 1 saturated heterocycles. The van der Waals surface area contributed by atoms with Crippen molar-refractivity contribution in [1.29, 1.82) is 0 Å². The van der Waals surface area contributed by atoms with Gasteiger partial charge in [0.25, 0.3) is 11.5 Å². The molecule has 0 radical (unpaired) electrons. The van der Waals surface area contributed by atoms with Gasteiger partial charge in [-0.05, 0) is 67.6 Å². The summed E-state index contributed by atoms with van der Waals surface area (Å²) in [5.41, 5.74) is 1.15. The molecule has 1 fully saturated rings. The zero-order valence-corrected chi connectivity index (χ0v) is 16.1. The molecule has 0 bridgehead atoms. The van der Waals surface area contributed by atoms with Crippen molar-refractivity contribution in [2.45, 2.75) is 19.4 Å². The maximum Gasteiger partial charge on any atom is 0.268 e. The van der Waals surface area contributed by atoms with Gasteiger partial charge in [0.15, 0.2) is 0 Å². The Kier molecular flexibility index (Phi) is 5.50. The van der Waals surface area contributed by atoms with Crippen molar-refractivity contribution in [1.82, 2.24) is 20.2 Å². The van der Waals surface area contributed by atoms with Crippen LogP contribution < -0.4 is 10.9 Å². The van der Waals surface area contributed by atoms with Crippen LogP contribution in [0, 0.1) is 11.7 Å².